The van der Waals surface area contributed by atoms with Gasteiger partial charge in [-0.05, 0) is 41.5 Å². The van der Waals surface area contributed by atoms with Crippen LogP contribution in [0, 0.1) is 0 Å². The molecule has 2 unspecified atom stereocenters. The van der Waals surface area contributed by atoms with Crippen LogP contribution in [0.15, 0.2) is 48.5 Å². The van der Waals surface area contributed by atoms with Crippen molar-refractivity contribution in [2.24, 2.45) is 0 Å². The second-order valence-corrected chi connectivity index (χ2v) is 6.14. The molecule has 108 valence electrons. The van der Waals surface area contributed by atoms with Crippen LogP contribution in [0.5, 0.6) is 0 Å². The van der Waals surface area contributed by atoms with E-state index in [0.717, 1.165) is 19.6 Å². The summed E-state index contributed by atoms with van der Waals surface area (Å²) in [6.07, 6.45) is 3.54. The summed E-state index contributed by atoms with van der Waals surface area (Å²) in [4.78, 5) is 0. The topological polar surface area (TPSA) is 21.3 Å². The van der Waals surface area contributed by atoms with E-state index in [2.05, 4.69) is 53.8 Å². The number of ether oxygens (including phenoxy) is 1. The number of aryl methyl sites for hydroxylation is 1. The van der Waals surface area contributed by atoms with E-state index in [1.807, 2.05) is 0 Å². The molecule has 2 atom stereocenters. The summed E-state index contributed by atoms with van der Waals surface area (Å²) in [6, 6.07) is 18.4. The Morgan fingerprint density at radius 2 is 1.67 bits per heavy atom. The van der Waals surface area contributed by atoms with Gasteiger partial charge in [0.25, 0.3) is 0 Å². The van der Waals surface area contributed by atoms with E-state index in [4.69, 9.17) is 4.74 Å². The van der Waals surface area contributed by atoms with Crippen molar-refractivity contribution in [3.63, 3.8) is 0 Å². The molecule has 0 fully saturated rings. The molecule has 2 aromatic rings. The summed E-state index contributed by atoms with van der Waals surface area (Å²) in [6.45, 7) is 1.54. The quantitative estimate of drug-likeness (QED) is 0.909. The normalized spacial score (nSPS) is 24.2. The van der Waals surface area contributed by atoms with Crippen molar-refractivity contribution in [3.05, 3.63) is 70.8 Å². The average molecular weight is 279 g/mol. The van der Waals surface area contributed by atoms with Gasteiger partial charge in [-0.25, -0.2) is 0 Å². The molecule has 0 aromatic heterocycles. The summed E-state index contributed by atoms with van der Waals surface area (Å²) >= 11 is 0. The van der Waals surface area contributed by atoms with Crippen molar-refractivity contribution in [3.8, 4) is 0 Å². The third kappa shape index (κ3) is 2.61. The van der Waals surface area contributed by atoms with E-state index >= 15 is 0 Å². The van der Waals surface area contributed by atoms with Crippen LogP contribution >= 0.6 is 0 Å². The molecule has 4 rings (SSSR count). The number of fused-ring (bicyclic) bond motifs is 2. The second-order valence-electron chi connectivity index (χ2n) is 6.14. The molecular formula is C19H21NO. The summed E-state index contributed by atoms with van der Waals surface area (Å²) in [5.41, 5.74) is 5.78. The molecule has 1 N–H and O–H groups in total. The lowest BCUT2D eigenvalue weighted by molar-refractivity contribution is 0.0777. The number of benzene rings is 2. The Bertz CT molecular complexity index is 637. The first kappa shape index (κ1) is 13.1. The van der Waals surface area contributed by atoms with Gasteiger partial charge in [0.2, 0.25) is 0 Å². The van der Waals surface area contributed by atoms with Crippen LogP contribution in [0.2, 0.25) is 0 Å². The van der Waals surface area contributed by atoms with Crippen molar-refractivity contribution in [1.29, 1.82) is 0 Å². The molecule has 0 bridgehead atoms. The lowest BCUT2D eigenvalue weighted by Crippen LogP contribution is -2.40. The fraction of sp³-hybridized carbons (Fsp3) is 0.368. The number of hydrogen-bond donors (Lipinski definition) is 1. The third-order valence-corrected chi connectivity index (χ3v) is 4.76. The van der Waals surface area contributed by atoms with Crippen molar-refractivity contribution < 1.29 is 4.74 Å². The van der Waals surface area contributed by atoms with Gasteiger partial charge in [-0.2, -0.15) is 0 Å². The molecule has 2 nitrogen and oxygen atoms in total. The van der Waals surface area contributed by atoms with Crippen molar-refractivity contribution in [2.75, 3.05) is 6.61 Å². The fourth-order valence-electron chi connectivity index (χ4n) is 3.64. The molecular weight excluding hydrogens is 258 g/mol. The van der Waals surface area contributed by atoms with Gasteiger partial charge in [-0.1, -0.05) is 48.5 Å². The van der Waals surface area contributed by atoms with Crippen LogP contribution < -0.4 is 5.32 Å². The first-order chi connectivity index (χ1) is 10.4. The molecule has 1 heterocycles. The largest absolute Gasteiger partial charge is 0.375 e. The second kappa shape index (κ2) is 5.63. The van der Waals surface area contributed by atoms with Gasteiger partial charge in [-0.15, -0.1) is 0 Å². The van der Waals surface area contributed by atoms with Crippen LogP contribution in [-0.4, -0.2) is 12.6 Å². The Balaban J connectivity index is 1.51. The summed E-state index contributed by atoms with van der Waals surface area (Å²) in [5.74, 6) is 0. The minimum atomic E-state index is 0.338. The Hall–Kier alpha value is -1.64. The van der Waals surface area contributed by atoms with E-state index in [1.165, 1.54) is 35.1 Å². The van der Waals surface area contributed by atoms with E-state index in [0.29, 0.717) is 12.1 Å². The maximum absolute atomic E-state index is 5.76. The van der Waals surface area contributed by atoms with Crippen LogP contribution in [-0.2, 0) is 24.2 Å². The van der Waals surface area contributed by atoms with Crippen LogP contribution in [0.4, 0.5) is 0 Å². The molecule has 1 aliphatic heterocycles. The molecule has 2 aliphatic rings. The van der Waals surface area contributed by atoms with Gasteiger partial charge in [0.15, 0.2) is 0 Å². The lowest BCUT2D eigenvalue weighted by Gasteiger charge is -2.33. The van der Waals surface area contributed by atoms with Gasteiger partial charge < -0.3 is 10.1 Å². The minimum Gasteiger partial charge on any atom is -0.375 e. The van der Waals surface area contributed by atoms with E-state index in [-0.39, 0.29) is 0 Å². The standard InChI is InChI=1S/C19H21NO/c1-2-6-15-11-17(10-9-14(15)5-1)20-19-13-21-12-16-7-3-4-8-18(16)19/h1-8,17,19-20H,9-13H2. The van der Waals surface area contributed by atoms with E-state index in [9.17, 15) is 0 Å². The van der Waals surface area contributed by atoms with Crippen molar-refractivity contribution in [2.45, 2.75) is 38.0 Å². The maximum atomic E-state index is 5.76. The van der Waals surface area contributed by atoms with Crippen LogP contribution in [0.1, 0.15) is 34.7 Å². The minimum absolute atomic E-state index is 0.338. The average Bonchev–Trinajstić information content (AvgIpc) is 2.55. The van der Waals surface area contributed by atoms with Gasteiger partial charge >= 0.3 is 0 Å². The lowest BCUT2D eigenvalue weighted by atomic mass is 9.87. The highest BCUT2D eigenvalue weighted by Crippen LogP contribution is 2.27. The number of hydrogen-bond acceptors (Lipinski definition) is 2. The Morgan fingerprint density at radius 3 is 2.57 bits per heavy atom. The monoisotopic (exact) mass is 279 g/mol. The SMILES string of the molecule is c1ccc2c(c1)CCC(NC1COCc3ccccc31)C2. The molecule has 0 amide bonds. The number of nitrogens with one attached hydrogen (secondary N) is 1. The van der Waals surface area contributed by atoms with Gasteiger partial charge in [-0.3, -0.25) is 0 Å². The first-order valence-electron chi connectivity index (χ1n) is 7.88. The fourth-order valence-corrected chi connectivity index (χ4v) is 3.64. The molecule has 1 aliphatic carbocycles. The number of rotatable bonds is 2. The molecule has 2 heteroatoms. The Labute approximate surface area is 126 Å². The Morgan fingerprint density at radius 1 is 0.905 bits per heavy atom. The predicted molar refractivity (Wildman–Crippen MR) is 84.2 cm³/mol. The summed E-state index contributed by atoms with van der Waals surface area (Å²) in [5, 5.41) is 3.83. The molecule has 0 saturated heterocycles. The molecule has 0 radical (unpaired) electrons. The van der Waals surface area contributed by atoms with Crippen LogP contribution in [0.25, 0.3) is 0 Å². The zero-order chi connectivity index (χ0) is 14.1. The van der Waals surface area contributed by atoms with E-state index < -0.39 is 0 Å². The molecule has 21 heavy (non-hydrogen) atoms. The van der Waals surface area contributed by atoms with Gasteiger partial charge in [0, 0.05) is 6.04 Å². The smallest absolute Gasteiger partial charge is 0.0721 e. The predicted octanol–water partition coefficient (Wildman–Crippen LogP) is 3.41. The van der Waals surface area contributed by atoms with Crippen LogP contribution in [0.3, 0.4) is 0 Å². The van der Waals surface area contributed by atoms with Crippen molar-refractivity contribution in [1.82, 2.24) is 5.32 Å². The van der Waals surface area contributed by atoms with Crippen molar-refractivity contribution >= 4 is 0 Å². The highest BCUT2D eigenvalue weighted by molar-refractivity contribution is 5.33. The molecule has 0 spiro atoms. The van der Waals surface area contributed by atoms with Gasteiger partial charge in [0.05, 0.1) is 19.3 Å². The van der Waals surface area contributed by atoms with E-state index in [1.54, 1.807) is 0 Å². The zero-order valence-corrected chi connectivity index (χ0v) is 12.2. The molecule has 0 saturated carbocycles. The summed E-state index contributed by atoms with van der Waals surface area (Å²) in [7, 11) is 0. The molecule has 2 aromatic carbocycles. The third-order valence-electron chi connectivity index (χ3n) is 4.76. The zero-order valence-electron chi connectivity index (χ0n) is 12.2. The summed E-state index contributed by atoms with van der Waals surface area (Å²) < 4.78 is 5.76. The highest BCUT2D eigenvalue weighted by atomic mass is 16.5. The Kier molecular flexibility index (Phi) is 3.50. The highest BCUT2D eigenvalue weighted by Gasteiger charge is 2.25. The maximum Gasteiger partial charge on any atom is 0.0721 e. The first-order valence-corrected chi connectivity index (χ1v) is 7.88. The van der Waals surface area contributed by atoms with Gasteiger partial charge in [0.1, 0.15) is 0 Å².